The number of ketones is 1. The molecular formula is C22H17F3N2O3. The molecule has 2 aliphatic rings. The number of hydrogen-bond donors (Lipinski definition) is 0. The lowest BCUT2D eigenvalue weighted by Gasteiger charge is -2.30. The van der Waals surface area contributed by atoms with Crippen molar-refractivity contribution < 1.29 is 27.1 Å². The number of halogens is 3. The lowest BCUT2D eigenvalue weighted by atomic mass is 9.74. The zero-order chi connectivity index (χ0) is 21.5. The first-order valence-electron chi connectivity index (χ1n) is 9.44. The fourth-order valence-electron chi connectivity index (χ4n) is 3.98. The number of carbonyl (C=O) groups is 1. The highest BCUT2D eigenvalue weighted by Crippen LogP contribution is 2.44. The van der Waals surface area contributed by atoms with Gasteiger partial charge in [-0.05, 0) is 56.2 Å². The maximum Gasteiger partial charge on any atom is 0.573 e. The van der Waals surface area contributed by atoms with Crippen LogP contribution in [0.5, 0.6) is 5.75 Å². The van der Waals surface area contributed by atoms with Gasteiger partial charge in [0.05, 0.1) is 17.9 Å². The number of nitriles is 1. The summed E-state index contributed by atoms with van der Waals surface area (Å²) in [6.45, 7) is 1.77. The van der Waals surface area contributed by atoms with E-state index in [-0.39, 0.29) is 11.5 Å². The number of benzene rings is 1. The molecule has 1 aliphatic carbocycles. The van der Waals surface area contributed by atoms with Crippen molar-refractivity contribution in [3.63, 3.8) is 0 Å². The van der Waals surface area contributed by atoms with Crippen LogP contribution < -0.4 is 4.74 Å². The molecule has 0 radical (unpaired) electrons. The average molecular weight is 414 g/mol. The van der Waals surface area contributed by atoms with Crippen LogP contribution in [0.2, 0.25) is 0 Å². The van der Waals surface area contributed by atoms with Crippen molar-refractivity contribution in [1.29, 1.82) is 5.26 Å². The first-order chi connectivity index (χ1) is 14.3. The number of aliphatic imine (C=N–C) groups is 1. The number of hydrogen-bond acceptors (Lipinski definition) is 5. The summed E-state index contributed by atoms with van der Waals surface area (Å²) < 4.78 is 46.9. The Morgan fingerprint density at radius 1 is 1.17 bits per heavy atom. The zero-order valence-corrected chi connectivity index (χ0v) is 16.0. The number of Topliss-reactive ketones (excluding diaryl/α,β-unsaturated/α-hetero) is 1. The van der Waals surface area contributed by atoms with Crippen molar-refractivity contribution in [2.75, 3.05) is 0 Å². The van der Waals surface area contributed by atoms with Gasteiger partial charge in [-0.1, -0.05) is 0 Å². The smallest absolute Gasteiger partial charge is 0.460 e. The van der Waals surface area contributed by atoms with Gasteiger partial charge in [-0.3, -0.25) is 9.79 Å². The molecule has 2 heterocycles. The highest BCUT2D eigenvalue weighted by Gasteiger charge is 2.40. The summed E-state index contributed by atoms with van der Waals surface area (Å²) in [6, 6.07) is 10.9. The van der Waals surface area contributed by atoms with E-state index in [0.29, 0.717) is 46.9 Å². The number of furan rings is 1. The summed E-state index contributed by atoms with van der Waals surface area (Å²) >= 11 is 0. The van der Waals surface area contributed by atoms with Crippen molar-refractivity contribution in [3.05, 3.63) is 53.4 Å². The van der Waals surface area contributed by atoms with Crippen LogP contribution >= 0.6 is 0 Å². The van der Waals surface area contributed by atoms with Crippen LogP contribution in [0.1, 0.15) is 37.9 Å². The Morgan fingerprint density at radius 3 is 2.57 bits per heavy atom. The maximum atomic E-state index is 12.6. The second-order valence-electron chi connectivity index (χ2n) is 7.25. The summed E-state index contributed by atoms with van der Waals surface area (Å²) in [7, 11) is 0. The summed E-state index contributed by atoms with van der Waals surface area (Å²) in [5.74, 6) is -0.632. The third-order valence-electron chi connectivity index (χ3n) is 5.28. The van der Waals surface area contributed by atoms with Crippen molar-refractivity contribution in [1.82, 2.24) is 0 Å². The fourth-order valence-corrected chi connectivity index (χ4v) is 3.98. The minimum Gasteiger partial charge on any atom is -0.460 e. The summed E-state index contributed by atoms with van der Waals surface area (Å²) in [4.78, 5) is 17.1. The third-order valence-corrected chi connectivity index (χ3v) is 5.28. The van der Waals surface area contributed by atoms with Gasteiger partial charge in [0, 0.05) is 29.0 Å². The van der Waals surface area contributed by atoms with E-state index in [2.05, 4.69) is 15.8 Å². The molecule has 1 aromatic heterocycles. The molecule has 0 bridgehead atoms. The molecule has 30 heavy (non-hydrogen) atoms. The largest absolute Gasteiger partial charge is 0.573 e. The van der Waals surface area contributed by atoms with Gasteiger partial charge in [0.2, 0.25) is 0 Å². The molecule has 5 nitrogen and oxygen atoms in total. The second-order valence-corrected chi connectivity index (χ2v) is 7.25. The van der Waals surface area contributed by atoms with E-state index >= 15 is 0 Å². The monoisotopic (exact) mass is 414 g/mol. The fraction of sp³-hybridized carbons (Fsp3) is 0.318. The highest BCUT2D eigenvalue weighted by molar-refractivity contribution is 6.02. The minimum absolute atomic E-state index is 0.0237. The van der Waals surface area contributed by atoms with Crippen LogP contribution in [0.25, 0.3) is 11.3 Å². The lowest BCUT2D eigenvalue weighted by Crippen LogP contribution is -2.30. The van der Waals surface area contributed by atoms with E-state index in [1.807, 2.05) is 0 Å². The second kappa shape index (κ2) is 7.48. The number of rotatable bonds is 3. The molecule has 0 amide bonds. The van der Waals surface area contributed by atoms with Gasteiger partial charge < -0.3 is 9.15 Å². The van der Waals surface area contributed by atoms with E-state index in [1.165, 1.54) is 24.3 Å². The van der Waals surface area contributed by atoms with Crippen molar-refractivity contribution in [3.8, 4) is 23.1 Å². The number of ether oxygens (including phenoxy) is 1. The Hall–Kier alpha value is -3.34. The molecule has 0 saturated heterocycles. The van der Waals surface area contributed by atoms with Gasteiger partial charge in [0.1, 0.15) is 17.3 Å². The summed E-state index contributed by atoms with van der Waals surface area (Å²) in [5, 5.41) is 9.70. The summed E-state index contributed by atoms with van der Waals surface area (Å²) in [6.07, 6.45) is -2.93. The first kappa shape index (κ1) is 20.0. The van der Waals surface area contributed by atoms with Crippen molar-refractivity contribution in [2.45, 2.75) is 38.5 Å². The van der Waals surface area contributed by atoms with E-state index < -0.39 is 18.2 Å². The standard InChI is InChI=1S/C22H17F3N2O3/c1-12-15(11-26)20(21-16(27-12)3-2-4-17(21)28)19-10-9-18(29-19)13-5-7-14(8-6-13)30-22(23,24)25/h5-10,15,20H,2-4H2,1H3/t15?,20-/m0/s1. The highest BCUT2D eigenvalue weighted by atomic mass is 19.4. The molecular weight excluding hydrogens is 397 g/mol. The van der Waals surface area contributed by atoms with Crippen molar-refractivity contribution >= 4 is 11.5 Å². The number of alkyl halides is 3. The van der Waals surface area contributed by atoms with Crippen molar-refractivity contribution in [2.24, 2.45) is 10.9 Å². The van der Waals surface area contributed by atoms with E-state index in [4.69, 9.17) is 4.42 Å². The molecule has 1 unspecified atom stereocenters. The molecule has 2 atom stereocenters. The molecule has 0 spiro atoms. The van der Waals surface area contributed by atoms with E-state index in [0.717, 1.165) is 6.42 Å². The molecule has 0 saturated carbocycles. The Kier molecular flexibility index (Phi) is 4.98. The van der Waals surface area contributed by atoms with Crippen LogP contribution in [-0.4, -0.2) is 17.9 Å². The van der Waals surface area contributed by atoms with Crippen LogP contribution in [0.15, 0.2) is 57.1 Å². The Bertz CT molecular complexity index is 1090. The Labute approximate surface area is 170 Å². The Balaban J connectivity index is 1.67. The van der Waals surface area contributed by atoms with Gasteiger partial charge in [-0.2, -0.15) is 5.26 Å². The molecule has 1 aliphatic heterocycles. The predicted molar refractivity (Wildman–Crippen MR) is 102 cm³/mol. The SMILES string of the molecule is CC1=NC2=C(C(=O)CCC2)[C@H](c2ccc(-c3ccc(OC(F)(F)F)cc3)o2)C1C#N. The molecule has 2 aromatic rings. The third kappa shape index (κ3) is 3.75. The van der Waals surface area contributed by atoms with Crippen LogP contribution in [0, 0.1) is 17.2 Å². The summed E-state index contributed by atoms with van der Waals surface area (Å²) in [5.41, 5.74) is 2.44. The normalized spacial score (nSPS) is 21.7. The van der Waals surface area contributed by atoms with Gasteiger partial charge in [-0.15, -0.1) is 13.2 Å². The number of allylic oxidation sites excluding steroid dienone is 2. The predicted octanol–water partition coefficient (Wildman–Crippen LogP) is 5.55. The van der Waals surface area contributed by atoms with Gasteiger partial charge in [0.15, 0.2) is 5.78 Å². The minimum atomic E-state index is -4.76. The van der Waals surface area contributed by atoms with Gasteiger partial charge in [0.25, 0.3) is 0 Å². The molecule has 1 aromatic carbocycles. The first-order valence-corrected chi connectivity index (χ1v) is 9.44. The van der Waals surface area contributed by atoms with E-state index in [9.17, 15) is 23.2 Å². The van der Waals surface area contributed by atoms with Crippen LogP contribution in [0.3, 0.4) is 0 Å². The lowest BCUT2D eigenvalue weighted by molar-refractivity contribution is -0.274. The molecule has 154 valence electrons. The molecule has 0 fully saturated rings. The van der Waals surface area contributed by atoms with Gasteiger partial charge >= 0.3 is 6.36 Å². The quantitative estimate of drug-likeness (QED) is 0.660. The molecule has 0 N–H and O–H groups in total. The van der Waals surface area contributed by atoms with Crippen LogP contribution in [0.4, 0.5) is 13.2 Å². The molecule has 4 rings (SSSR count). The molecule has 8 heteroatoms. The average Bonchev–Trinajstić information content (AvgIpc) is 3.16. The number of nitrogens with zero attached hydrogens (tertiary/aromatic N) is 2. The number of carbonyl (C=O) groups excluding carboxylic acids is 1. The zero-order valence-electron chi connectivity index (χ0n) is 16.0. The maximum absolute atomic E-state index is 12.6. The Morgan fingerprint density at radius 2 is 1.90 bits per heavy atom. The topological polar surface area (TPSA) is 75.6 Å². The van der Waals surface area contributed by atoms with Gasteiger partial charge in [-0.25, -0.2) is 0 Å². The van der Waals surface area contributed by atoms with Crippen LogP contribution in [-0.2, 0) is 4.79 Å². The van der Waals surface area contributed by atoms with E-state index in [1.54, 1.807) is 19.1 Å².